The maximum absolute atomic E-state index is 4.71. The van der Waals surface area contributed by atoms with E-state index < -0.39 is 0 Å². The third-order valence-corrected chi connectivity index (χ3v) is 3.09. The fourth-order valence-electron chi connectivity index (χ4n) is 2.04. The van der Waals surface area contributed by atoms with Gasteiger partial charge in [0.1, 0.15) is 0 Å². The molecule has 4 heteroatoms. The molecule has 1 aromatic rings. The van der Waals surface area contributed by atoms with Gasteiger partial charge in [-0.15, -0.1) is 0 Å². The molecule has 0 spiro atoms. The largest absolute Gasteiger partial charge is 0.194 e. The van der Waals surface area contributed by atoms with Crippen LogP contribution in [0.4, 0.5) is 11.4 Å². The van der Waals surface area contributed by atoms with Gasteiger partial charge in [0.2, 0.25) is 0 Å². The molecule has 0 fully saturated rings. The van der Waals surface area contributed by atoms with Crippen LogP contribution in [0.3, 0.4) is 0 Å². The number of nitrogens with zero attached hydrogens (tertiary/aromatic N) is 2. The third kappa shape index (κ3) is 2.98. The lowest BCUT2D eigenvalue weighted by Crippen LogP contribution is -2.13. The molecular weight excluding hydrogens is 260 g/mol. The molecule has 0 heterocycles. The van der Waals surface area contributed by atoms with E-state index in [1.54, 1.807) is 0 Å². The Morgan fingerprint density at radius 2 is 1.56 bits per heavy atom. The molecule has 0 aliphatic carbocycles. The zero-order valence-corrected chi connectivity index (χ0v) is 12.9. The summed E-state index contributed by atoms with van der Waals surface area (Å²) >= 11 is 9.40. The van der Waals surface area contributed by atoms with Crippen LogP contribution in [0.1, 0.15) is 37.5 Å². The predicted octanol–water partition coefficient (Wildman–Crippen LogP) is 5.07. The highest BCUT2D eigenvalue weighted by atomic mass is 32.1. The molecule has 1 rings (SSSR count). The summed E-state index contributed by atoms with van der Waals surface area (Å²) in [5.74, 6) is 0. The monoisotopic (exact) mass is 276 g/mol. The minimum absolute atomic E-state index is 0.00916. The van der Waals surface area contributed by atoms with E-state index in [9.17, 15) is 0 Å². The van der Waals surface area contributed by atoms with Crippen LogP contribution in [0.2, 0.25) is 0 Å². The van der Waals surface area contributed by atoms with Crippen molar-refractivity contribution >= 4 is 46.1 Å². The average Bonchev–Trinajstić information content (AvgIpc) is 2.26. The Bertz CT molecular complexity index is 570. The zero-order chi connectivity index (χ0) is 13.9. The summed E-state index contributed by atoms with van der Waals surface area (Å²) in [6, 6.07) is 2.05. The van der Waals surface area contributed by atoms with Crippen molar-refractivity contribution in [3.8, 4) is 0 Å². The van der Waals surface area contributed by atoms with Crippen LogP contribution >= 0.6 is 24.4 Å². The van der Waals surface area contributed by atoms with Crippen molar-refractivity contribution in [2.45, 2.75) is 40.0 Å². The predicted molar refractivity (Wildman–Crippen MR) is 84.0 cm³/mol. The molecule has 0 radical (unpaired) electrons. The van der Waals surface area contributed by atoms with Crippen LogP contribution < -0.4 is 0 Å². The first-order valence-corrected chi connectivity index (χ1v) is 6.45. The first kappa shape index (κ1) is 14.9. The molecule has 1 aromatic carbocycles. The second-order valence-electron chi connectivity index (χ2n) is 5.20. The summed E-state index contributed by atoms with van der Waals surface area (Å²) in [7, 11) is 0. The summed E-state index contributed by atoms with van der Waals surface area (Å²) in [5.41, 5.74) is 4.89. The number of aliphatic imine (C=N–C) groups is 2. The van der Waals surface area contributed by atoms with Gasteiger partial charge in [-0.05, 0) is 60.9 Å². The zero-order valence-electron chi connectivity index (χ0n) is 11.3. The van der Waals surface area contributed by atoms with Gasteiger partial charge in [0.15, 0.2) is 0 Å². The van der Waals surface area contributed by atoms with E-state index in [-0.39, 0.29) is 5.41 Å². The Morgan fingerprint density at radius 3 is 2.00 bits per heavy atom. The molecule has 94 valence electrons. The summed E-state index contributed by atoms with van der Waals surface area (Å²) in [6.45, 7) is 10.5. The molecule has 0 saturated heterocycles. The van der Waals surface area contributed by atoms with Crippen LogP contribution in [0.25, 0.3) is 0 Å². The standard InChI is InChI=1S/C14H16N2S2/c1-9-11(14(3,4)5)6-12(15-7-17)10(2)13(9)16-8-18/h6H,1-5H3. The molecule has 0 aliphatic heterocycles. The quantitative estimate of drug-likeness (QED) is 0.556. The normalized spacial score (nSPS) is 10.5. The molecule has 0 amide bonds. The van der Waals surface area contributed by atoms with Crippen molar-refractivity contribution in [1.29, 1.82) is 0 Å². The van der Waals surface area contributed by atoms with Crippen LogP contribution in [0.15, 0.2) is 16.1 Å². The van der Waals surface area contributed by atoms with Gasteiger partial charge in [0.25, 0.3) is 0 Å². The Morgan fingerprint density at radius 1 is 1.00 bits per heavy atom. The highest BCUT2D eigenvalue weighted by Gasteiger charge is 2.21. The van der Waals surface area contributed by atoms with Gasteiger partial charge in [-0.25, -0.2) is 0 Å². The van der Waals surface area contributed by atoms with Crippen LogP contribution in [-0.4, -0.2) is 10.3 Å². The summed E-state index contributed by atoms with van der Waals surface area (Å²) in [5, 5.41) is 4.85. The van der Waals surface area contributed by atoms with Gasteiger partial charge in [-0.3, -0.25) is 0 Å². The van der Waals surface area contributed by atoms with Crippen molar-refractivity contribution in [3.05, 3.63) is 22.8 Å². The SMILES string of the molecule is Cc1c(N=C=S)cc(C(C)(C)C)c(C)c1N=C=S. The number of benzene rings is 1. The van der Waals surface area contributed by atoms with Crippen molar-refractivity contribution in [2.24, 2.45) is 9.98 Å². The number of hydrogen-bond acceptors (Lipinski definition) is 4. The van der Waals surface area contributed by atoms with Gasteiger partial charge in [-0.2, -0.15) is 9.98 Å². The fraction of sp³-hybridized carbons (Fsp3) is 0.429. The first-order valence-electron chi connectivity index (χ1n) is 5.63. The van der Waals surface area contributed by atoms with E-state index in [0.29, 0.717) is 0 Å². The maximum Gasteiger partial charge on any atom is 0.0822 e. The van der Waals surface area contributed by atoms with Gasteiger partial charge in [-0.1, -0.05) is 20.8 Å². The molecule has 2 nitrogen and oxygen atoms in total. The maximum atomic E-state index is 4.71. The lowest BCUT2D eigenvalue weighted by atomic mass is 9.82. The number of rotatable bonds is 2. The Kier molecular flexibility index (Phi) is 4.66. The van der Waals surface area contributed by atoms with Crippen LogP contribution in [0.5, 0.6) is 0 Å². The molecule has 0 atom stereocenters. The molecule has 0 N–H and O–H groups in total. The van der Waals surface area contributed by atoms with Crippen LogP contribution in [-0.2, 0) is 5.41 Å². The van der Waals surface area contributed by atoms with Crippen molar-refractivity contribution < 1.29 is 0 Å². The summed E-state index contributed by atoms with van der Waals surface area (Å²) in [4.78, 5) is 8.27. The van der Waals surface area contributed by atoms with E-state index in [1.807, 2.05) is 19.9 Å². The lowest BCUT2D eigenvalue weighted by molar-refractivity contribution is 0.586. The molecule has 0 unspecified atom stereocenters. The second-order valence-corrected chi connectivity index (χ2v) is 5.56. The van der Waals surface area contributed by atoms with E-state index in [0.717, 1.165) is 22.5 Å². The first-order chi connectivity index (χ1) is 8.32. The van der Waals surface area contributed by atoms with E-state index in [2.05, 4.69) is 53.3 Å². The highest BCUT2D eigenvalue weighted by Crippen LogP contribution is 2.39. The van der Waals surface area contributed by atoms with E-state index in [4.69, 9.17) is 12.2 Å². The molecule has 0 saturated carbocycles. The van der Waals surface area contributed by atoms with Gasteiger partial charge >= 0.3 is 0 Å². The number of isothiocyanates is 2. The minimum atomic E-state index is 0.00916. The minimum Gasteiger partial charge on any atom is -0.194 e. The van der Waals surface area contributed by atoms with E-state index in [1.165, 1.54) is 5.56 Å². The smallest absolute Gasteiger partial charge is 0.0822 e. The Balaban J connectivity index is 3.76. The molecule has 18 heavy (non-hydrogen) atoms. The number of thiocarbonyl (C=S) groups is 2. The third-order valence-electron chi connectivity index (χ3n) is 2.91. The summed E-state index contributed by atoms with van der Waals surface area (Å²) in [6.07, 6.45) is 0. The van der Waals surface area contributed by atoms with Crippen molar-refractivity contribution in [2.75, 3.05) is 0 Å². The number of hydrogen-bond donors (Lipinski definition) is 0. The van der Waals surface area contributed by atoms with Crippen LogP contribution in [0, 0.1) is 13.8 Å². The topological polar surface area (TPSA) is 24.7 Å². The van der Waals surface area contributed by atoms with Gasteiger partial charge < -0.3 is 0 Å². The molecule has 0 aromatic heterocycles. The molecule has 0 bridgehead atoms. The summed E-state index contributed by atoms with van der Waals surface area (Å²) < 4.78 is 0. The Hall–Kier alpha value is -1.18. The second kappa shape index (κ2) is 5.64. The Labute approximate surface area is 119 Å². The van der Waals surface area contributed by atoms with E-state index >= 15 is 0 Å². The molecule has 0 aliphatic rings. The van der Waals surface area contributed by atoms with Crippen molar-refractivity contribution in [1.82, 2.24) is 0 Å². The van der Waals surface area contributed by atoms with Crippen molar-refractivity contribution in [3.63, 3.8) is 0 Å². The lowest BCUT2D eigenvalue weighted by Gasteiger charge is -2.24. The average molecular weight is 276 g/mol. The molecular formula is C14H16N2S2. The highest BCUT2D eigenvalue weighted by molar-refractivity contribution is 7.78. The van der Waals surface area contributed by atoms with Gasteiger partial charge in [0, 0.05) is 5.56 Å². The fourth-order valence-corrected chi connectivity index (χ4v) is 2.23. The van der Waals surface area contributed by atoms with Gasteiger partial charge in [0.05, 0.1) is 21.7 Å².